The van der Waals surface area contributed by atoms with Gasteiger partial charge in [-0.05, 0) is 102 Å². The number of hydrogen-bond donors (Lipinski definition) is 1. The molecule has 0 aliphatic rings. The summed E-state index contributed by atoms with van der Waals surface area (Å²) in [5.74, 6) is 0. The van der Waals surface area contributed by atoms with Crippen LogP contribution >= 0.6 is 27.3 Å². The van der Waals surface area contributed by atoms with Crippen molar-refractivity contribution in [3.8, 4) is 0 Å². The van der Waals surface area contributed by atoms with E-state index in [9.17, 15) is 5.11 Å². The predicted molar refractivity (Wildman–Crippen MR) is 90.9 cm³/mol. The molecule has 1 atom stereocenters. The van der Waals surface area contributed by atoms with Gasteiger partial charge in [-0.3, -0.25) is 0 Å². The lowest BCUT2D eigenvalue weighted by Gasteiger charge is -2.22. The van der Waals surface area contributed by atoms with Crippen LogP contribution in [0.15, 0.2) is 9.85 Å². The van der Waals surface area contributed by atoms with Crippen LogP contribution in [0.5, 0.6) is 0 Å². The minimum Gasteiger partial charge on any atom is -0.383 e. The molecule has 1 N–H and O–H groups in total. The zero-order valence-electron chi connectivity index (χ0n) is 12.9. The van der Waals surface area contributed by atoms with E-state index in [1.807, 2.05) is 0 Å². The Bertz CT molecular complexity index is 622. The maximum atomic E-state index is 10.8. The molecule has 0 radical (unpaired) electrons. The van der Waals surface area contributed by atoms with E-state index in [1.165, 1.54) is 33.4 Å². The topological polar surface area (TPSA) is 20.2 Å². The van der Waals surface area contributed by atoms with E-state index in [0.29, 0.717) is 0 Å². The average molecular weight is 353 g/mol. The fraction of sp³-hybridized carbons (Fsp3) is 0.412. The minimum absolute atomic E-state index is 0.539. The highest BCUT2D eigenvalue weighted by Crippen LogP contribution is 2.38. The Balaban J connectivity index is 2.63. The smallest absolute Gasteiger partial charge is 0.114 e. The summed E-state index contributed by atoms with van der Waals surface area (Å²) in [7, 11) is 0. The Morgan fingerprint density at radius 2 is 1.35 bits per heavy atom. The molecule has 1 aromatic carbocycles. The summed E-state index contributed by atoms with van der Waals surface area (Å²) in [4.78, 5) is 1.00. The number of hydrogen-bond acceptors (Lipinski definition) is 2. The van der Waals surface area contributed by atoms with Crippen molar-refractivity contribution in [3.05, 3.63) is 53.7 Å². The van der Waals surface area contributed by atoms with E-state index in [2.05, 4.69) is 63.5 Å². The van der Waals surface area contributed by atoms with Crippen molar-refractivity contribution >= 4 is 27.3 Å². The molecule has 108 valence electrons. The van der Waals surface area contributed by atoms with E-state index in [-0.39, 0.29) is 0 Å². The van der Waals surface area contributed by atoms with Gasteiger partial charge in [-0.25, -0.2) is 0 Å². The summed E-state index contributed by atoms with van der Waals surface area (Å²) in [5, 5.41) is 10.8. The maximum Gasteiger partial charge on any atom is 0.114 e. The van der Waals surface area contributed by atoms with Crippen molar-refractivity contribution in [1.82, 2.24) is 0 Å². The molecule has 0 aliphatic heterocycles. The summed E-state index contributed by atoms with van der Waals surface area (Å²) in [6.45, 7) is 12.7. The molecule has 3 heteroatoms. The van der Waals surface area contributed by atoms with Crippen molar-refractivity contribution in [2.75, 3.05) is 0 Å². The van der Waals surface area contributed by atoms with E-state index < -0.39 is 6.10 Å². The predicted octanol–water partition coefficient (Wildman–Crippen LogP) is 5.44. The van der Waals surface area contributed by atoms with Gasteiger partial charge in [-0.15, -0.1) is 11.3 Å². The molecular formula is C17H21BrOS. The molecule has 0 saturated carbocycles. The van der Waals surface area contributed by atoms with Crippen LogP contribution in [0.25, 0.3) is 0 Å². The van der Waals surface area contributed by atoms with Crippen LogP contribution in [0.4, 0.5) is 0 Å². The summed E-state index contributed by atoms with van der Waals surface area (Å²) < 4.78 is 1.10. The van der Waals surface area contributed by atoms with E-state index in [0.717, 1.165) is 14.2 Å². The second kappa shape index (κ2) is 5.63. The van der Waals surface area contributed by atoms with Gasteiger partial charge >= 0.3 is 0 Å². The number of aryl methyl sites for hydroxylation is 1. The average Bonchev–Trinajstić information content (AvgIpc) is 2.74. The van der Waals surface area contributed by atoms with Crippen LogP contribution in [0.1, 0.15) is 49.9 Å². The van der Waals surface area contributed by atoms with E-state index >= 15 is 0 Å². The normalized spacial score (nSPS) is 12.8. The van der Waals surface area contributed by atoms with E-state index in [1.54, 1.807) is 11.3 Å². The molecule has 2 rings (SSSR count). The van der Waals surface area contributed by atoms with Crippen LogP contribution in [-0.4, -0.2) is 5.11 Å². The van der Waals surface area contributed by atoms with Gasteiger partial charge in [0.1, 0.15) is 6.10 Å². The van der Waals surface area contributed by atoms with Crippen molar-refractivity contribution in [2.45, 2.75) is 47.6 Å². The third-order valence-corrected chi connectivity index (χ3v) is 6.67. The maximum absolute atomic E-state index is 10.8. The zero-order chi connectivity index (χ0) is 15.2. The first-order chi connectivity index (χ1) is 9.25. The molecule has 0 fully saturated rings. The highest BCUT2D eigenvalue weighted by molar-refractivity contribution is 9.11. The molecular weight excluding hydrogens is 332 g/mol. The number of benzene rings is 1. The van der Waals surface area contributed by atoms with Crippen molar-refractivity contribution in [2.24, 2.45) is 0 Å². The van der Waals surface area contributed by atoms with Crippen molar-refractivity contribution < 1.29 is 5.11 Å². The third-order valence-electron chi connectivity index (χ3n) is 4.48. The Kier molecular flexibility index (Phi) is 4.43. The molecule has 1 nitrogen and oxygen atoms in total. The number of thiophene rings is 1. The second-order valence-corrected chi connectivity index (χ2v) is 7.95. The molecule has 1 unspecified atom stereocenters. The van der Waals surface area contributed by atoms with Crippen LogP contribution in [0.2, 0.25) is 0 Å². The van der Waals surface area contributed by atoms with Gasteiger partial charge in [0.2, 0.25) is 0 Å². The zero-order valence-corrected chi connectivity index (χ0v) is 15.3. The van der Waals surface area contributed by atoms with Gasteiger partial charge in [-0.1, -0.05) is 0 Å². The molecule has 1 heterocycles. The van der Waals surface area contributed by atoms with Gasteiger partial charge in [0.15, 0.2) is 0 Å². The Morgan fingerprint density at radius 3 is 1.75 bits per heavy atom. The highest BCUT2D eigenvalue weighted by atomic mass is 79.9. The minimum atomic E-state index is -0.539. The Morgan fingerprint density at radius 1 is 0.900 bits per heavy atom. The first kappa shape index (κ1) is 15.7. The molecule has 0 aliphatic carbocycles. The van der Waals surface area contributed by atoms with Crippen LogP contribution in [-0.2, 0) is 0 Å². The van der Waals surface area contributed by atoms with Crippen LogP contribution in [0, 0.1) is 41.5 Å². The van der Waals surface area contributed by atoms with Gasteiger partial charge in [0.25, 0.3) is 0 Å². The van der Waals surface area contributed by atoms with Crippen molar-refractivity contribution in [3.63, 3.8) is 0 Å². The number of aliphatic hydroxyl groups excluding tert-OH is 1. The molecule has 0 saturated heterocycles. The highest BCUT2D eigenvalue weighted by Gasteiger charge is 2.21. The molecule has 0 bridgehead atoms. The second-order valence-electron chi connectivity index (χ2n) is 5.55. The summed E-state index contributed by atoms with van der Waals surface area (Å²) in [6.07, 6.45) is -0.539. The first-order valence-corrected chi connectivity index (χ1v) is 8.37. The fourth-order valence-electron chi connectivity index (χ4n) is 2.70. The molecule has 0 amide bonds. The van der Waals surface area contributed by atoms with Gasteiger partial charge < -0.3 is 5.11 Å². The first-order valence-electron chi connectivity index (χ1n) is 6.76. The lowest BCUT2D eigenvalue weighted by atomic mass is 9.87. The van der Waals surface area contributed by atoms with Crippen LogP contribution in [0.3, 0.4) is 0 Å². The molecule has 1 aromatic heterocycles. The summed E-state index contributed by atoms with van der Waals surface area (Å²) >= 11 is 5.16. The quantitative estimate of drug-likeness (QED) is 0.762. The SMILES string of the molecule is Cc1cc(C(O)c2c(C)c(C)c(C)c(C)c2C)sc1Br. The molecule has 2 aromatic rings. The Hall–Kier alpha value is -0.640. The summed E-state index contributed by atoms with van der Waals surface area (Å²) in [5.41, 5.74) is 8.57. The lowest BCUT2D eigenvalue weighted by Crippen LogP contribution is -2.08. The lowest BCUT2D eigenvalue weighted by molar-refractivity contribution is 0.222. The van der Waals surface area contributed by atoms with Gasteiger partial charge in [-0.2, -0.15) is 0 Å². The van der Waals surface area contributed by atoms with E-state index in [4.69, 9.17) is 0 Å². The van der Waals surface area contributed by atoms with Gasteiger partial charge in [0, 0.05) is 4.88 Å². The standard InChI is InChI=1S/C17H21BrOS/c1-8-7-14(20-17(8)18)16(19)15-12(5)10(3)9(2)11(4)13(15)6/h7,16,19H,1-6H3. The van der Waals surface area contributed by atoms with Crippen molar-refractivity contribution in [1.29, 1.82) is 0 Å². The number of rotatable bonds is 2. The number of aliphatic hydroxyl groups is 1. The van der Waals surface area contributed by atoms with Gasteiger partial charge in [0.05, 0.1) is 3.79 Å². The molecule has 20 heavy (non-hydrogen) atoms. The fourth-order valence-corrected chi connectivity index (χ4v) is 4.27. The molecule has 0 spiro atoms. The largest absolute Gasteiger partial charge is 0.383 e. The Labute approximate surface area is 133 Å². The van der Waals surface area contributed by atoms with Crippen LogP contribution < -0.4 is 0 Å². The summed E-state index contributed by atoms with van der Waals surface area (Å²) in [6, 6.07) is 2.07. The third kappa shape index (κ3) is 2.47. The monoisotopic (exact) mass is 352 g/mol. The number of halogens is 1.